The Morgan fingerprint density at radius 2 is 1.86 bits per heavy atom. The Balaban J connectivity index is 2.21. The van der Waals surface area contributed by atoms with Crippen molar-refractivity contribution in [1.82, 2.24) is 0 Å². The molecule has 0 aliphatic carbocycles. The number of aryl methyl sites for hydroxylation is 1. The van der Waals surface area contributed by atoms with E-state index in [1.165, 1.54) is 38.8 Å². The summed E-state index contributed by atoms with van der Waals surface area (Å²) < 4.78 is 2.48. The number of thiophene rings is 1. The number of rotatable bonds is 6. The van der Waals surface area contributed by atoms with Gasteiger partial charge in [0.15, 0.2) is 0 Å². The van der Waals surface area contributed by atoms with E-state index in [1.807, 2.05) is 0 Å². The molecule has 2 N–H and O–H groups in total. The third kappa shape index (κ3) is 4.43. The average molecular weight is 341 g/mol. The Morgan fingerprint density at radius 1 is 1.14 bits per heavy atom. The first kappa shape index (κ1) is 12.7. The van der Waals surface area contributed by atoms with E-state index < -0.39 is 0 Å². The summed E-state index contributed by atoms with van der Waals surface area (Å²) in [6.07, 6.45) is 6.15. The molecule has 1 heterocycles. The largest absolute Gasteiger partial charge is 0.330 e. The molecule has 14 heavy (non-hydrogen) atoms. The second-order valence-electron chi connectivity index (χ2n) is 3.30. The van der Waals surface area contributed by atoms with Crippen molar-refractivity contribution < 1.29 is 0 Å². The molecule has 0 saturated heterocycles. The molecule has 0 bridgehead atoms. The lowest BCUT2D eigenvalue weighted by Crippen LogP contribution is -1.97. The van der Waals surface area contributed by atoms with Gasteiger partial charge in [0.2, 0.25) is 0 Å². The van der Waals surface area contributed by atoms with Gasteiger partial charge in [-0.15, -0.1) is 11.3 Å². The highest BCUT2D eigenvalue weighted by Crippen LogP contribution is 2.32. The number of hydrogen-bond acceptors (Lipinski definition) is 2. The van der Waals surface area contributed by atoms with Crippen LogP contribution in [0.4, 0.5) is 0 Å². The topological polar surface area (TPSA) is 26.0 Å². The van der Waals surface area contributed by atoms with Crippen LogP contribution in [0.2, 0.25) is 0 Å². The van der Waals surface area contributed by atoms with Gasteiger partial charge < -0.3 is 5.73 Å². The third-order valence-corrected chi connectivity index (χ3v) is 4.59. The smallest absolute Gasteiger partial charge is 0.0742 e. The summed E-state index contributed by atoms with van der Waals surface area (Å²) in [7, 11) is 0. The molecule has 1 aromatic rings. The fraction of sp³-hybridized carbons (Fsp3) is 0.600. The lowest BCUT2D eigenvalue weighted by Gasteiger charge is -1.99. The van der Waals surface area contributed by atoms with E-state index in [2.05, 4.69) is 37.9 Å². The van der Waals surface area contributed by atoms with Gasteiger partial charge in [0, 0.05) is 0 Å². The monoisotopic (exact) mass is 339 g/mol. The maximum absolute atomic E-state index is 5.44. The molecule has 1 nitrogen and oxygen atoms in total. The molecule has 4 heteroatoms. The second-order valence-corrected chi connectivity index (χ2v) is 7.05. The Kier molecular flexibility index (Phi) is 6.33. The first-order chi connectivity index (χ1) is 6.74. The second kappa shape index (κ2) is 6.99. The van der Waals surface area contributed by atoms with Crippen LogP contribution in [0, 0.1) is 0 Å². The minimum atomic E-state index is 0.827. The highest BCUT2D eigenvalue weighted by Gasteiger charge is 2.04. The van der Waals surface area contributed by atoms with Crippen molar-refractivity contribution in [3.8, 4) is 0 Å². The summed E-state index contributed by atoms with van der Waals surface area (Å²) in [5.74, 6) is 0. The molecule has 0 spiro atoms. The molecular formula is C10H15Br2NS. The first-order valence-corrected chi connectivity index (χ1v) is 7.28. The van der Waals surface area contributed by atoms with Gasteiger partial charge in [0.25, 0.3) is 0 Å². The van der Waals surface area contributed by atoms with Gasteiger partial charge in [-0.1, -0.05) is 12.8 Å². The van der Waals surface area contributed by atoms with Crippen molar-refractivity contribution in [2.24, 2.45) is 5.73 Å². The lowest BCUT2D eigenvalue weighted by molar-refractivity contribution is 0.646. The van der Waals surface area contributed by atoms with Gasteiger partial charge in [-0.25, -0.2) is 0 Å². The van der Waals surface area contributed by atoms with Crippen molar-refractivity contribution in [3.05, 3.63) is 19.2 Å². The maximum Gasteiger partial charge on any atom is 0.0742 e. The van der Waals surface area contributed by atoms with E-state index in [0.29, 0.717) is 0 Å². The van der Waals surface area contributed by atoms with Crippen LogP contribution in [0.1, 0.15) is 31.2 Å². The molecule has 0 aliphatic heterocycles. The summed E-state index contributed by atoms with van der Waals surface area (Å²) in [6.45, 7) is 0.827. The fourth-order valence-electron chi connectivity index (χ4n) is 1.36. The fourth-order valence-corrected chi connectivity index (χ4v) is 4.27. The van der Waals surface area contributed by atoms with Crippen molar-refractivity contribution in [3.63, 3.8) is 0 Å². The van der Waals surface area contributed by atoms with E-state index >= 15 is 0 Å². The predicted molar refractivity (Wildman–Crippen MR) is 70.9 cm³/mol. The van der Waals surface area contributed by atoms with Crippen LogP contribution in [-0.2, 0) is 6.42 Å². The van der Waals surface area contributed by atoms with E-state index in [9.17, 15) is 0 Å². The van der Waals surface area contributed by atoms with Crippen LogP contribution in [0.15, 0.2) is 13.6 Å². The highest BCUT2D eigenvalue weighted by atomic mass is 79.9. The Bertz CT molecular complexity index is 273. The summed E-state index contributed by atoms with van der Waals surface area (Å²) >= 11 is 8.81. The molecule has 0 saturated carbocycles. The standard InChI is InChI=1S/C10H15Br2NS/c11-9-7-8(10(12)14-9)5-3-1-2-4-6-13/h7H,1-6,13H2. The number of nitrogens with two attached hydrogens (primary N) is 1. The van der Waals surface area contributed by atoms with Crippen LogP contribution in [0.25, 0.3) is 0 Å². The molecular weight excluding hydrogens is 326 g/mol. The molecule has 1 aromatic heterocycles. The lowest BCUT2D eigenvalue weighted by atomic mass is 10.1. The molecule has 1 rings (SSSR count). The van der Waals surface area contributed by atoms with E-state index in [0.717, 1.165) is 13.0 Å². The zero-order valence-corrected chi connectivity index (χ0v) is 12.1. The Labute approximate surface area is 106 Å². The van der Waals surface area contributed by atoms with Gasteiger partial charge in [-0.05, 0) is 69.3 Å². The maximum atomic E-state index is 5.44. The van der Waals surface area contributed by atoms with Gasteiger partial charge in [0.05, 0.1) is 7.57 Å². The molecule has 0 atom stereocenters. The minimum Gasteiger partial charge on any atom is -0.330 e. The Morgan fingerprint density at radius 3 is 2.43 bits per heavy atom. The number of hydrogen-bond donors (Lipinski definition) is 1. The number of halogens is 2. The summed E-state index contributed by atoms with van der Waals surface area (Å²) in [6, 6.07) is 2.21. The van der Waals surface area contributed by atoms with Crippen molar-refractivity contribution in [1.29, 1.82) is 0 Å². The van der Waals surface area contributed by atoms with Gasteiger partial charge in [0.1, 0.15) is 0 Å². The summed E-state index contributed by atoms with van der Waals surface area (Å²) in [4.78, 5) is 0. The molecule has 0 radical (unpaired) electrons. The van der Waals surface area contributed by atoms with Crippen LogP contribution < -0.4 is 5.73 Å². The van der Waals surface area contributed by atoms with E-state index in [4.69, 9.17) is 5.73 Å². The Hall–Kier alpha value is 0.620. The van der Waals surface area contributed by atoms with Crippen molar-refractivity contribution >= 4 is 43.2 Å². The predicted octanol–water partition coefficient (Wildman–Crippen LogP) is 4.33. The quantitative estimate of drug-likeness (QED) is 0.766. The van der Waals surface area contributed by atoms with Crippen molar-refractivity contribution in [2.75, 3.05) is 6.54 Å². The first-order valence-electron chi connectivity index (χ1n) is 4.88. The molecule has 0 fully saturated rings. The highest BCUT2D eigenvalue weighted by molar-refractivity contribution is 9.12. The van der Waals surface area contributed by atoms with Gasteiger partial charge in [-0.3, -0.25) is 0 Å². The minimum absolute atomic E-state index is 0.827. The molecule has 80 valence electrons. The van der Waals surface area contributed by atoms with Crippen LogP contribution in [0.3, 0.4) is 0 Å². The summed E-state index contributed by atoms with van der Waals surface area (Å²) in [5.41, 5.74) is 6.86. The van der Waals surface area contributed by atoms with Crippen molar-refractivity contribution in [2.45, 2.75) is 32.1 Å². The molecule has 0 amide bonds. The van der Waals surface area contributed by atoms with E-state index in [1.54, 1.807) is 11.3 Å². The molecule has 0 aromatic carbocycles. The SMILES string of the molecule is NCCCCCCc1cc(Br)sc1Br. The molecule has 0 unspecified atom stereocenters. The van der Waals surface area contributed by atoms with Crippen LogP contribution in [-0.4, -0.2) is 6.54 Å². The summed E-state index contributed by atoms with van der Waals surface area (Å²) in [5, 5.41) is 0. The van der Waals surface area contributed by atoms with E-state index in [-0.39, 0.29) is 0 Å². The average Bonchev–Trinajstić information content (AvgIpc) is 2.45. The van der Waals surface area contributed by atoms with Gasteiger partial charge >= 0.3 is 0 Å². The number of unbranched alkanes of at least 4 members (excludes halogenated alkanes) is 3. The van der Waals surface area contributed by atoms with Crippen LogP contribution >= 0.6 is 43.2 Å². The normalized spacial score (nSPS) is 10.8. The zero-order valence-electron chi connectivity index (χ0n) is 8.06. The van der Waals surface area contributed by atoms with Crippen LogP contribution in [0.5, 0.6) is 0 Å². The molecule has 0 aliphatic rings. The third-order valence-electron chi connectivity index (χ3n) is 2.13. The van der Waals surface area contributed by atoms with Gasteiger partial charge in [-0.2, -0.15) is 0 Å². The zero-order chi connectivity index (χ0) is 10.4.